The van der Waals surface area contributed by atoms with Gasteiger partial charge in [-0.1, -0.05) is 29.8 Å². The molecule has 0 bridgehead atoms. The summed E-state index contributed by atoms with van der Waals surface area (Å²) in [5.74, 6) is 0. The average Bonchev–Trinajstić information content (AvgIpc) is 2.43. The summed E-state index contributed by atoms with van der Waals surface area (Å²) in [6.45, 7) is 3.92. The van der Waals surface area contributed by atoms with Gasteiger partial charge >= 0.3 is 0 Å². The highest BCUT2D eigenvalue weighted by molar-refractivity contribution is 6.31. The molecular weight excluding hydrogens is 274 g/mol. The lowest BCUT2D eigenvalue weighted by Crippen LogP contribution is -2.41. The van der Waals surface area contributed by atoms with Crippen LogP contribution in [0.1, 0.15) is 24.9 Å². The van der Waals surface area contributed by atoms with Crippen LogP contribution in [0.4, 0.5) is 0 Å². The molecule has 0 saturated heterocycles. The molecular formula is C15H22ClN3O. The van der Waals surface area contributed by atoms with Crippen LogP contribution in [0.3, 0.4) is 0 Å². The molecule has 0 fully saturated rings. The van der Waals surface area contributed by atoms with Crippen LogP contribution in [0.2, 0.25) is 5.02 Å². The van der Waals surface area contributed by atoms with Crippen LogP contribution in [-0.4, -0.2) is 37.7 Å². The first-order valence-electron chi connectivity index (χ1n) is 6.71. The van der Waals surface area contributed by atoms with Crippen molar-refractivity contribution in [2.24, 2.45) is 5.73 Å². The van der Waals surface area contributed by atoms with Gasteiger partial charge in [0.1, 0.15) is 0 Å². The molecule has 20 heavy (non-hydrogen) atoms. The maximum atomic E-state index is 8.82. The van der Waals surface area contributed by atoms with Crippen LogP contribution in [0.15, 0.2) is 24.3 Å². The normalized spacial score (nSPS) is 14.0. The molecule has 0 aliphatic rings. The van der Waals surface area contributed by atoms with E-state index < -0.39 is 0 Å². The minimum atomic E-state index is -0.0922. The number of hydrogen-bond acceptors (Lipinski definition) is 4. The zero-order valence-corrected chi connectivity index (χ0v) is 12.8. The molecule has 0 aromatic heterocycles. The molecule has 0 spiro atoms. The summed E-state index contributed by atoms with van der Waals surface area (Å²) in [6.07, 6.45) is 0.456. The van der Waals surface area contributed by atoms with Gasteiger partial charge in [0.15, 0.2) is 0 Å². The largest absolute Gasteiger partial charge is 0.383 e. The minimum absolute atomic E-state index is 0.0211. The molecule has 5 heteroatoms. The lowest BCUT2D eigenvalue weighted by Gasteiger charge is -2.34. The summed E-state index contributed by atoms with van der Waals surface area (Å²) in [4.78, 5) is 2.17. The van der Waals surface area contributed by atoms with E-state index in [0.717, 1.165) is 12.1 Å². The quantitative estimate of drug-likeness (QED) is 0.801. The third-order valence-electron chi connectivity index (χ3n) is 3.21. The number of nitrogens with two attached hydrogens (primary N) is 1. The predicted molar refractivity (Wildman–Crippen MR) is 81.5 cm³/mol. The summed E-state index contributed by atoms with van der Waals surface area (Å²) >= 11 is 6.30. The van der Waals surface area contributed by atoms with Gasteiger partial charge in [-0.2, -0.15) is 5.26 Å². The van der Waals surface area contributed by atoms with Crippen LogP contribution in [0.25, 0.3) is 0 Å². The van der Waals surface area contributed by atoms with Crippen molar-refractivity contribution >= 4 is 11.6 Å². The molecule has 0 heterocycles. The van der Waals surface area contributed by atoms with Gasteiger partial charge in [-0.3, -0.25) is 4.90 Å². The molecule has 0 amide bonds. The molecule has 0 aliphatic heterocycles. The number of hydrogen-bond donors (Lipinski definition) is 1. The van der Waals surface area contributed by atoms with Crippen molar-refractivity contribution in [3.8, 4) is 6.07 Å². The standard InChI is InChI=1S/C15H22ClN3O/c1-12(18)15(13-6-3-4-7-14(13)16)19(9-5-8-17)10-11-20-2/h3-4,6-7,12,15H,5,9-11,18H2,1-2H3. The molecule has 2 atom stereocenters. The van der Waals surface area contributed by atoms with E-state index in [-0.39, 0.29) is 12.1 Å². The van der Waals surface area contributed by atoms with Crippen LogP contribution in [0.5, 0.6) is 0 Å². The maximum Gasteiger partial charge on any atom is 0.0635 e. The smallest absolute Gasteiger partial charge is 0.0635 e. The van der Waals surface area contributed by atoms with Gasteiger partial charge in [0.05, 0.1) is 18.7 Å². The lowest BCUT2D eigenvalue weighted by atomic mass is 9.98. The maximum absolute atomic E-state index is 8.82. The van der Waals surface area contributed by atoms with Crippen LogP contribution >= 0.6 is 11.6 Å². The number of halogens is 1. The van der Waals surface area contributed by atoms with Gasteiger partial charge in [0.2, 0.25) is 0 Å². The van der Waals surface area contributed by atoms with Gasteiger partial charge in [0.25, 0.3) is 0 Å². The Morgan fingerprint density at radius 2 is 2.10 bits per heavy atom. The zero-order valence-electron chi connectivity index (χ0n) is 12.1. The van der Waals surface area contributed by atoms with Gasteiger partial charge < -0.3 is 10.5 Å². The van der Waals surface area contributed by atoms with Crippen molar-refractivity contribution in [2.75, 3.05) is 26.8 Å². The number of methoxy groups -OCH3 is 1. The Morgan fingerprint density at radius 3 is 2.65 bits per heavy atom. The lowest BCUT2D eigenvalue weighted by molar-refractivity contribution is 0.112. The Hall–Kier alpha value is -1.12. The Balaban J connectivity index is 3.01. The summed E-state index contributed by atoms with van der Waals surface area (Å²) in [7, 11) is 1.67. The molecule has 0 aliphatic carbocycles. The number of ether oxygens (including phenoxy) is 1. The molecule has 110 valence electrons. The SMILES string of the molecule is COCCN(CCC#N)C(c1ccccc1Cl)C(C)N. The molecule has 0 radical (unpaired) electrons. The van der Waals surface area contributed by atoms with Crippen molar-refractivity contribution < 1.29 is 4.74 Å². The van der Waals surface area contributed by atoms with Gasteiger partial charge in [-0.05, 0) is 18.6 Å². The van der Waals surface area contributed by atoms with Crippen molar-refractivity contribution in [1.29, 1.82) is 5.26 Å². The molecule has 4 nitrogen and oxygen atoms in total. The van der Waals surface area contributed by atoms with Crippen molar-refractivity contribution in [2.45, 2.75) is 25.4 Å². The number of rotatable bonds is 8. The highest BCUT2D eigenvalue weighted by Crippen LogP contribution is 2.29. The molecule has 2 unspecified atom stereocenters. The van der Waals surface area contributed by atoms with E-state index in [0.29, 0.717) is 24.6 Å². The van der Waals surface area contributed by atoms with E-state index in [1.807, 2.05) is 31.2 Å². The monoisotopic (exact) mass is 295 g/mol. The molecule has 1 rings (SSSR count). The van der Waals surface area contributed by atoms with Gasteiger partial charge in [-0.25, -0.2) is 0 Å². The minimum Gasteiger partial charge on any atom is -0.383 e. The number of benzene rings is 1. The second-order valence-electron chi connectivity index (χ2n) is 4.76. The van der Waals surface area contributed by atoms with Crippen LogP contribution < -0.4 is 5.73 Å². The Bertz CT molecular complexity index is 445. The second kappa shape index (κ2) is 8.93. The topological polar surface area (TPSA) is 62.3 Å². The first-order valence-corrected chi connectivity index (χ1v) is 7.09. The molecule has 1 aromatic rings. The van der Waals surface area contributed by atoms with Crippen molar-refractivity contribution in [3.63, 3.8) is 0 Å². The molecule has 2 N–H and O–H groups in total. The fourth-order valence-corrected chi connectivity index (χ4v) is 2.57. The average molecular weight is 296 g/mol. The second-order valence-corrected chi connectivity index (χ2v) is 5.17. The summed E-state index contributed by atoms with van der Waals surface area (Å²) in [6, 6.07) is 9.78. The van der Waals surface area contributed by atoms with E-state index in [9.17, 15) is 0 Å². The number of nitriles is 1. The van der Waals surface area contributed by atoms with E-state index >= 15 is 0 Å². The van der Waals surface area contributed by atoms with E-state index in [1.54, 1.807) is 7.11 Å². The third-order valence-corrected chi connectivity index (χ3v) is 3.55. The fourth-order valence-electron chi connectivity index (χ4n) is 2.32. The third kappa shape index (κ3) is 4.77. The van der Waals surface area contributed by atoms with E-state index in [1.165, 1.54) is 0 Å². The van der Waals surface area contributed by atoms with Crippen molar-refractivity contribution in [3.05, 3.63) is 34.9 Å². The fraction of sp³-hybridized carbons (Fsp3) is 0.533. The molecule has 1 aromatic carbocycles. The Kier molecular flexibility index (Phi) is 7.56. The summed E-state index contributed by atoms with van der Waals surface area (Å²) < 4.78 is 5.15. The first-order chi connectivity index (χ1) is 9.61. The molecule has 0 saturated carbocycles. The highest BCUT2D eigenvalue weighted by atomic mass is 35.5. The number of nitrogens with zero attached hydrogens (tertiary/aromatic N) is 2. The van der Waals surface area contributed by atoms with Gasteiger partial charge in [-0.15, -0.1) is 0 Å². The van der Waals surface area contributed by atoms with E-state index in [2.05, 4.69) is 11.0 Å². The zero-order chi connectivity index (χ0) is 15.0. The van der Waals surface area contributed by atoms with Crippen LogP contribution in [-0.2, 0) is 4.74 Å². The Morgan fingerprint density at radius 1 is 1.40 bits per heavy atom. The van der Waals surface area contributed by atoms with Crippen LogP contribution in [0, 0.1) is 11.3 Å². The van der Waals surface area contributed by atoms with Crippen molar-refractivity contribution in [1.82, 2.24) is 4.90 Å². The highest BCUT2D eigenvalue weighted by Gasteiger charge is 2.25. The van der Waals surface area contributed by atoms with E-state index in [4.69, 9.17) is 27.3 Å². The predicted octanol–water partition coefficient (Wildman–Crippen LogP) is 2.59. The first kappa shape index (κ1) is 16.9. The summed E-state index contributed by atoms with van der Waals surface area (Å²) in [5, 5.41) is 9.52. The van der Waals surface area contributed by atoms with Gasteiger partial charge in [0, 0.05) is 37.7 Å². The summed E-state index contributed by atoms with van der Waals surface area (Å²) in [5.41, 5.74) is 7.16. The Labute approximate surface area is 126 Å².